The molecule has 0 heterocycles. The first kappa shape index (κ1) is 41.7. The van der Waals surface area contributed by atoms with Gasteiger partial charge < -0.3 is 62.2 Å². The summed E-state index contributed by atoms with van der Waals surface area (Å²) < 4.78 is 79.6. The van der Waals surface area contributed by atoms with Gasteiger partial charge in [-0.05, 0) is 68.7 Å². The Labute approximate surface area is 256 Å². The number of alkyl carbamates (subject to hydrolysis) is 1. The number of nitrogens with one attached hydrogen (secondary N) is 1. The van der Waals surface area contributed by atoms with E-state index in [4.69, 9.17) is 56.9 Å². The Morgan fingerprint density at radius 2 is 0.762 bits per heavy atom. The molecule has 19 heteroatoms. The fourth-order valence-corrected chi connectivity index (χ4v) is 17.7. The number of carbonyl (C=O) groups excluding carboxylic acids is 1. The molecule has 42 heavy (non-hydrogen) atoms. The minimum Gasteiger partial charge on any atom is -0.453 e. The lowest BCUT2D eigenvalue weighted by atomic mass is 10.5. The molecule has 1 amide bonds. The first-order valence-electron chi connectivity index (χ1n) is 14.8. The van der Waals surface area contributed by atoms with E-state index in [2.05, 4.69) is 5.32 Å². The van der Waals surface area contributed by atoms with E-state index in [-0.39, 0.29) is 72.1 Å². The standard InChI is InChI=1S/C23H55NO14Si4/c1-11-27-40(28-12-2,29-13-3)36-39(22-20-21-24-23(25)26-10,37-41(30-14-4,31-15-5)32-16-6)38-42(33-17-7,34-18-8)35-19-9/h11-22H2,1-10H3,(H,24,25). The molecule has 0 aromatic carbocycles. The first-order valence-corrected chi connectivity index (χ1v) is 21.6. The number of hydrogen-bond donors (Lipinski definition) is 1. The Hall–Kier alpha value is -0.342. The van der Waals surface area contributed by atoms with Crippen molar-refractivity contribution in [2.24, 2.45) is 0 Å². The predicted octanol–water partition coefficient (Wildman–Crippen LogP) is 3.36. The van der Waals surface area contributed by atoms with E-state index in [0.29, 0.717) is 6.42 Å². The fourth-order valence-electron chi connectivity index (χ4n) is 3.59. The Morgan fingerprint density at radius 3 is 0.976 bits per heavy atom. The molecular weight excluding hydrogens is 627 g/mol. The Balaban J connectivity index is 7.33. The van der Waals surface area contributed by atoms with Crippen LogP contribution in [-0.4, -0.2) is 115 Å². The quantitative estimate of drug-likeness (QED) is 0.0950. The van der Waals surface area contributed by atoms with Gasteiger partial charge in [0.15, 0.2) is 0 Å². The van der Waals surface area contributed by atoms with Gasteiger partial charge in [0.25, 0.3) is 0 Å². The van der Waals surface area contributed by atoms with Crippen LogP contribution in [0.2, 0.25) is 6.04 Å². The summed E-state index contributed by atoms with van der Waals surface area (Å²) in [5, 5.41) is 2.67. The molecule has 0 saturated carbocycles. The topological polar surface area (TPSA) is 149 Å². The van der Waals surface area contributed by atoms with Crippen molar-refractivity contribution in [2.75, 3.05) is 73.1 Å². The molecule has 0 aliphatic carbocycles. The molecule has 0 saturated heterocycles. The van der Waals surface area contributed by atoms with E-state index in [1.165, 1.54) is 7.11 Å². The monoisotopic (exact) mass is 681 g/mol. The lowest BCUT2D eigenvalue weighted by Crippen LogP contribution is -2.70. The molecule has 0 bridgehead atoms. The van der Waals surface area contributed by atoms with Gasteiger partial charge in [0.1, 0.15) is 0 Å². The van der Waals surface area contributed by atoms with Gasteiger partial charge in [-0.15, -0.1) is 0 Å². The predicted molar refractivity (Wildman–Crippen MR) is 161 cm³/mol. The molecule has 1 N–H and O–H groups in total. The molecule has 0 spiro atoms. The second-order valence-corrected chi connectivity index (χ2v) is 17.8. The lowest BCUT2D eigenvalue weighted by molar-refractivity contribution is -0.0545. The molecule has 15 nitrogen and oxygen atoms in total. The van der Waals surface area contributed by atoms with Crippen LogP contribution in [0.5, 0.6) is 0 Å². The smallest absolute Gasteiger partial charge is 0.453 e. The maximum Gasteiger partial charge on any atom is 0.672 e. The van der Waals surface area contributed by atoms with Gasteiger partial charge in [-0.1, -0.05) is 0 Å². The van der Waals surface area contributed by atoms with E-state index < -0.39 is 42.0 Å². The molecule has 0 aromatic heterocycles. The van der Waals surface area contributed by atoms with Crippen LogP contribution in [0.3, 0.4) is 0 Å². The molecule has 0 fully saturated rings. The Bertz CT molecular complexity index is 579. The summed E-state index contributed by atoms with van der Waals surface area (Å²) >= 11 is 0. The third-order valence-electron chi connectivity index (χ3n) is 4.85. The average molecular weight is 682 g/mol. The zero-order chi connectivity index (χ0) is 32.0. The molecular formula is C23H55NO14Si4. The van der Waals surface area contributed by atoms with Crippen LogP contribution in [0.25, 0.3) is 0 Å². The highest BCUT2D eigenvalue weighted by Gasteiger charge is 2.67. The van der Waals surface area contributed by atoms with Gasteiger partial charge in [0.2, 0.25) is 0 Å². The van der Waals surface area contributed by atoms with Crippen molar-refractivity contribution in [1.29, 1.82) is 0 Å². The third kappa shape index (κ3) is 14.6. The molecule has 252 valence electrons. The highest BCUT2D eigenvalue weighted by molar-refractivity contribution is 6.82. The van der Waals surface area contributed by atoms with Gasteiger partial charge in [0, 0.05) is 72.1 Å². The third-order valence-corrected chi connectivity index (χ3v) is 18.3. The van der Waals surface area contributed by atoms with Gasteiger partial charge in [-0.2, -0.15) is 0 Å². The number of rotatable bonds is 28. The minimum absolute atomic E-state index is 0.0862. The lowest BCUT2D eigenvalue weighted by Gasteiger charge is -2.43. The zero-order valence-corrected chi connectivity index (χ0v) is 31.2. The van der Waals surface area contributed by atoms with Crippen molar-refractivity contribution < 1.29 is 61.7 Å². The second-order valence-electron chi connectivity index (χ2n) is 7.91. The van der Waals surface area contributed by atoms with Crippen molar-refractivity contribution in [1.82, 2.24) is 5.32 Å². The Morgan fingerprint density at radius 1 is 0.500 bits per heavy atom. The normalized spacial score (nSPS) is 13.0. The van der Waals surface area contributed by atoms with Crippen LogP contribution in [-0.2, 0) is 56.9 Å². The van der Waals surface area contributed by atoms with E-state index in [0.717, 1.165) is 0 Å². The number of amides is 1. The number of methoxy groups -OCH3 is 1. The van der Waals surface area contributed by atoms with Gasteiger partial charge in [-0.3, -0.25) is 0 Å². The van der Waals surface area contributed by atoms with Crippen molar-refractivity contribution in [3.63, 3.8) is 0 Å². The second kappa shape index (κ2) is 23.1. The number of hydrogen-bond acceptors (Lipinski definition) is 14. The van der Waals surface area contributed by atoms with Crippen molar-refractivity contribution >= 4 is 42.0 Å². The van der Waals surface area contributed by atoms with Gasteiger partial charge in [-0.25, -0.2) is 4.79 Å². The summed E-state index contributed by atoms with van der Waals surface area (Å²) in [7, 11) is -14.8. The van der Waals surface area contributed by atoms with Crippen LogP contribution in [0, 0.1) is 0 Å². The summed E-state index contributed by atoms with van der Waals surface area (Å²) in [6.45, 7) is 18.4. The minimum atomic E-state index is -4.25. The van der Waals surface area contributed by atoms with Crippen molar-refractivity contribution in [3.05, 3.63) is 0 Å². The van der Waals surface area contributed by atoms with Crippen molar-refractivity contribution in [3.8, 4) is 0 Å². The van der Waals surface area contributed by atoms with E-state index in [1.54, 1.807) is 62.3 Å². The molecule has 0 atom stereocenters. The van der Waals surface area contributed by atoms with Crippen LogP contribution in [0.4, 0.5) is 4.79 Å². The van der Waals surface area contributed by atoms with E-state index >= 15 is 0 Å². The Kier molecular flexibility index (Phi) is 22.9. The molecule has 0 unspecified atom stereocenters. The zero-order valence-electron chi connectivity index (χ0n) is 27.2. The highest BCUT2D eigenvalue weighted by Crippen LogP contribution is 2.33. The number of ether oxygens (including phenoxy) is 1. The summed E-state index contributed by atoms with van der Waals surface area (Å²) in [6, 6.07) is 0.0862. The maximum absolute atomic E-state index is 11.8. The maximum atomic E-state index is 11.8. The number of carbonyl (C=O) groups is 1. The first-order chi connectivity index (χ1) is 20.1. The van der Waals surface area contributed by atoms with Gasteiger partial charge in [0.05, 0.1) is 7.11 Å². The summed E-state index contributed by atoms with van der Waals surface area (Å²) in [4.78, 5) is 11.8. The summed E-state index contributed by atoms with van der Waals surface area (Å²) in [5.41, 5.74) is 0. The van der Waals surface area contributed by atoms with Crippen molar-refractivity contribution in [2.45, 2.75) is 74.8 Å². The fraction of sp³-hybridized carbons (Fsp3) is 0.957. The largest absolute Gasteiger partial charge is 0.672 e. The van der Waals surface area contributed by atoms with E-state index in [1.807, 2.05) is 0 Å². The van der Waals surface area contributed by atoms with Crippen LogP contribution < -0.4 is 5.32 Å². The summed E-state index contributed by atoms with van der Waals surface area (Å²) in [5.74, 6) is 0. The van der Waals surface area contributed by atoms with Crippen LogP contribution in [0.15, 0.2) is 0 Å². The molecule has 0 aliphatic heterocycles. The summed E-state index contributed by atoms with van der Waals surface area (Å²) in [6.07, 6.45) is -0.282. The van der Waals surface area contributed by atoms with E-state index in [9.17, 15) is 4.79 Å². The van der Waals surface area contributed by atoms with Crippen LogP contribution in [0.1, 0.15) is 68.7 Å². The molecule has 0 aliphatic rings. The molecule has 0 rings (SSSR count). The van der Waals surface area contributed by atoms with Crippen LogP contribution >= 0.6 is 0 Å². The highest BCUT2D eigenvalue weighted by atomic mass is 28.5. The molecule has 0 aromatic rings. The SMILES string of the molecule is CCO[Si](OCC)(OCC)O[Si](CCCNC(=O)OC)(O[Si](OCC)(OCC)OCC)O[Si](OCC)(OCC)OCC. The molecule has 0 radical (unpaired) electrons. The average Bonchev–Trinajstić information content (AvgIpc) is 2.92. The van der Waals surface area contributed by atoms with Gasteiger partial charge >= 0.3 is 42.0 Å².